The van der Waals surface area contributed by atoms with Gasteiger partial charge in [0.25, 0.3) is 10.8 Å². The van der Waals surface area contributed by atoms with Gasteiger partial charge in [-0.3, -0.25) is 4.79 Å². The molecule has 1 heterocycles. The summed E-state index contributed by atoms with van der Waals surface area (Å²) in [5, 5.41) is 0.943. The molecule has 0 unspecified atom stereocenters. The zero-order valence-corrected chi connectivity index (χ0v) is 11.5. The van der Waals surface area contributed by atoms with E-state index in [1.807, 2.05) is 18.2 Å². The lowest BCUT2D eigenvalue weighted by molar-refractivity contribution is 0.412. The van der Waals surface area contributed by atoms with E-state index in [0.29, 0.717) is 16.3 Å². The van der Waals surface area contributed by atoms with Crippen molar-refractivity contribution in [3.8, 4) is 16.7 Å². The largest absolute Gasteiger partial charge is 0.497 e. The number of hydrogen-bond acceptors (Lipinski definition) is 5. The SMILES string of the molecule is COc1ccc(Oc2nc(=O)c3ccccc3s2)cc1. The first kappa shape index (κ1) is 12.6. The second-order valence-corrected chi connectivity index (χ2v) is 5.05. The van der Waals surface area contributed by atoms with E-state index in [-0.39, 0.29) is 5.56 Å². The summed E-state index contributed by atoms with van der Waals surface area (Å²) >= 11 is 1.34. The quantitative estimate of drug-likeness (QED) is 0.739. The highest BCUT2D eigenvalue weighted by Gasteiger charge is 2.06. The third-order valence-electron chi connectivity index (χ3n) is 2.77. The molecule has 0 spiro atoms. The molecule has 0 atom stereocenters. The van der Waals surface area contributed by atoms with Gasteiger partial charge in [0.05, 0.1) is 12.5 Å². The first-order chi connectivity index (χ1) is 9.76. The van der Waals surface area contributed by atoms with Gasteiger partial charge >= 0.3 is 0 Å². The number of aromatic nitrogens is 1. The Morgan fingerprint density at radius 2 is 1.70 bits per heavy atom. The minimum Gasteiger partial charge on any atom is -0.497 e. The van der Waals surface area contributed by atoms with Crippen molar-refractivity contribution in [2.24, 2.45) is 0 Å². The van der Waals surface area contributed by atoms with Crippen LogP contribution in [0.5, 0.6) is 16.7 Å². The number of benzene rings is 2. The topological polar surface area (TPSA) is 48.4 Å². The molecule has 2 aromatic carbocycles. The first-order valence-corrected chi connectivity index (χ1v) is 6.80. The maximum atomic E-state index is 11.9. The van der Waals surface area contributed by atoms with Crippen molar-refractivity contribution in [3.63, 3.8) is 0 Å². The predicted molar refractivity (Wildman–Crippen MR) is 79.0 cm³/mol. The van der Waals surface area contributed by atoms with Crippen LogP contribution in [0.2, 0.25) is 0 Å². The summed E-state index contributed by atoms with van der Waals surface area (Å²) in [5.74, 6) is 1.36. The molecule has 0 aliphatic rings. The van der Waals surface area contributed by atoms with E-state index in [1.54, 1.807) is 37.4 Å². The van der Waals surface area contributed by atoms with Crippen LogP contribution in [-0.2, 0) is 0 Å². The van der Waals surface area contributed by atoms with Gasteiger partial charge in [0.2, 0.25) is 0 Å². The van der Waals surface area contributed by atoms with Gasteiger partial charge in [-0.2, -0.15) is 4.98 Å². The fourth-order valence-corrected chi connectivity index (χ4v) is 2.65. The fraction of sp³-hybridized carbons (Fsp3) is 0.0667. The summed E-state index contributed by atoms with van der Waals surface area (Å²) in [6, 6.07) is 14.5. The number of hydrogen-bond donors (Lipinski definition) is 0. The molecule has 0 saturated carbocycles. The summed E-state index contributed by atoms with van der Waals surface area (Å²) in [7, 11) is 1.60. The van der Waals surface area contributed by atoms with Crippen LogP contribution in [-0.4, -0.2) is 12.1 Å². The predicted octanol–water partition coefficient (Wildman–Crippen LogP) is 3.46. The molecular formula is C15H11NO3S. The first-order valence-electron chi connectivity index (χ1n) is 5.98. The summed E-state index contributed by atoms with van der Waals surface area (Å²) in [5.41, 5.74) is -0.275. The lowest BCUT2D eigenvalue weighted by Gasteiger charge is -2.05. The van der Waals surface area contributed by atoms with Crippen molar-refractivity contribution >= 4 is 21.4 Å². The Balaban J connectivity index is 1.96. The Hall–Kier alpha value is -2.40. The third-order valence-corrected chi connectivity index (χ3v) is 3.70. The molecule has 5 heteroatoms. The van der Waals surface area contributed by atoms with Gasteiger partial charge in [0.1, 0.15) is 11.5 Å². The molecule has 4 nitrogen and oxygen atoms in total. The smallest absolute Gasteiger partial charge is 0.282 e. The van der Waals surface area contributed by atoms with Crippen molar-refractivity contribution < 1.29 is 9.47 Å². The van der Waals surface area contributed by atoms with E-state index >= 15 is 0 Å². The normalized spacial score (nSPS) is 10.4. The van der Waals surface area contributed by atoms with Crippen molar-refractivity contribution in [1.29, 1.82) is 0 Å². The molecule has 0 amide bonds. The zero-order valence-electron chi connectivity index (χ0n) is 10.7. The summed E-state index contributed by atoms with van der Waals surface area (Å²) in [4.78, 5) is 15.8. The van der Waals surface area contributed by atoms with Crippen LogP contribution in [0.3, 0.4) is 0 Å². The molecule has 3 aromatic rings. The maximum absolute atomic E-state index is 11.9. The van der Waals surface area contributed by atoms with E-state index < -0.39 is 0 Å². The van der Waals surface area contributed by atoms with Crippen LogP contribution in [0, 0.1) is 0 Å². The van der Waals surface area contributed by atoms with E-state index in [2.05, 4.69) is 4.98 Å². The second kappa shape index (κ2) is 5.30. The van der Waals surface area contributed by atoms with E-state index in [4.69, 9.17) is 9.47 Å². The highest BCUT2D eigenvalue weighted by atomic mass is 32.1. The average molecular weight is 285 g/mol. The van der Waals surface area contributed by atoms with Crippen LogP contribution >= 0.6 is 11.3 Å². The Kier molecular flexibility index (Phi) is 3.35. The van der Waals surface area contributed by atoms with Crippen molar-refractivity contribution in [1.82, 2.24) is 4.98 Å². The van der Waals surface area contributed by atoms with Gasteiger partial charge in [-0.05, 0) is 36.4 Å². The molecule has 0 fully saturated rings. The number of nitrogens with zero attached hydrogens (tertiary/aromatic N) is 1. The number of ether oxygens (including phenoxy) is 2. The molecule has 1 aromatic heterocycles. The molecule has 0 bridgehead atoms. The van der Waals surface area contributed by atoms with Crippen molar-refractivity contribution in [2.45, 2.75) is 0 Å². The molecule has 0 radical (unpaired) electrons. The van der Waals surface area contributed by atoms with Crippen molar-refractivity contribution in [3.05, 3.63) is 58.9 Å². The Morgan fingerprint density at radius 1 is 1.00 bits per heavy atom. The standard InChI is InChI=1S/C15H11NO3S/c1-18-10-6-8-11(9-7-10)19-15-16-14(17)12-4-2-3-5-13(12)20-15/h2-9H,1H3. The van der Waals surface area contributed by atoms with Gasteiger partial charge in [-0.15, -0.1) is 0 Å². The Bertz CT molecular complexity index is 796. The number of fused-ring (bicyclic) bond motifs is 1. The number of rotatable bonds is 3. The van der Waals surface area contributed by atoms with Gasteiger partial charge in [0, 0.05) is 4.70 Å². The summed E-state index contributed by atoms with van der Waals surface area (Å²) < 4.78 is 11.6. The monoisotopic (exact) mass is 285 g/mol. The molecule has 100 valence electrons. The molecule has 20 heavy (non-hydrogen) atoms. The van der Waals surface area contributed by atoms with E-state index in [0.717, 1.165) is 10.4 Å². The molecular weight excluding hydrogens is 274 g/mol. The molecule has 0 saturated heterocycles. The lowest BCUT2D eigenvalue weighted by Crippen LogP contribution is -2.05. The van der Waals surface area contributed by atoms with E-state index in [1.165, 1.54) is 11.3 Å². The molecule has 0 N–H and O–H groups in total. The zero-order chi connectivity index (χ0) is 13.9. The maximum Gasteiger partial charge on any atom is 0.282 e. The summed E-state index contributed by atoms with van der Waals surface area (Å²) in [6.45, 7) is 0. The minimum atomic E-state index is -0.275. The fourth-order valence-electron chi connectivity index (χ4n) is 1.78. The highest BCUT2D eigenvalue weighted by Crippen LogP contribution is 2.27. The second-order valence-electron chi connectivity index (χ2n) is 4.06. The summed E-state index contributed by atoms with van der Waals surface area (Å²) in [6.07, 6.45) is 0. The molecule has 0 aliphatic carbocycles. The Labute approximate surface area is 119 Å². The lowest BCUT2D eigenvalue weighted by atomic mass is 10.3. The van der Waals surface area contributed by atoms with Crippen molar-refractivity contribution in [2.75, 3.05) is 7.11 Å². The van der Waals surface area contributed by atoms with Crippen LogP contribution in [0.4, 0.5) is 0 Å². The number of methoxy groups -OCH3 is 1. The average Bonchev–Trinajstić information content (AvgIpc) is 2.48. The Morgan fingerprint density at radius 3 is 2.45 bits per heavy atom. The highest BCUT2D eigenvalue weighted by molar-refractivity contribution is 7.19. The van der Waals surface area contributed by atoms with Gasteiger partial charge in [0.15, 0.2) is 0 Å². The molecule has 3 rings (SSSR count). The van der Waals surface area contributed by atoms with Crippen LogP contribution in [0.15, 0.2) is 53.3 Å². The van der Waals surface area contributed by atoms with Gasteiger partial charge in [-0.25, -0.2) is 0 Å². The van der Waals surface area contributed by atoms with E-state index in [9.17, 15) is 4.79 Å². The van der Waals surface area contributed by atoms with Crippen LogP contribution < -0.4 is 15.0 Å². The van der Waals surface area contributed by atoms with Gasteiger partial charge < -0.3 is 9.47 Å². The van der Waals surface area contributed by atoms with Crippen LogP contribution in [0.1, 0.15) is 0 Å². The minimum absolute atomic E-state index is 0.275. The third kappa shape index (κ3) is 2.48. The van der Waals surface area contributed by atoms with Crippen LogP contribution in [0.25, 0.3) is 10.1 Å². The molecule has 0 aliphatic heterocycles. The van der Waals surface area contributed by atoms with Gasteiger partial charge in [-0.1, -0.05) is 23.5 Å².